The number of β-amino-alcohol motifs (C(OH)–C–C–N with tert-alkyl or cyclic N) is 2. The second-order valence-electron chi connectivity index (χ2n) is 5.24. The number of hydrogen-bond donors (Lipinski definition) is 4. The number of rotatable bonds is 5. The molecule has 2 saturated heterocycles. The molecule has 106 valence electrons. The van der Waals surface area contributed by atoms with Gasteiger partial charge in [-0.25, -0.2) is 0 Å². The zero-order chi connectivity index (χ0) is 12.8. The van der Waals surface area contributed by atoms with Gasteiger partial charge in [-0.15, -0.1) is 0 Å². The third kappa shape index (κ3) is 4.46. The summed E-state index contributed by atoms with van der Waals surface area (Å²) in [7, 11) is 0. The van der Waals surface area contributed by atoms with Gasteiger partial charge >= 0.3 is 0 Å². The van der Waals surface area contributed by atoms with E-state index in [2.05, 4.69) is 20.4 Å². The van der Waals surface area contributed by atoms with Crippen molar-refractivity contribution in [1.82, 2.24) is 20.4 Å². The summed E-state index contributed by atoms with van der Waals surface area (Å²) in [5.74, 6) is 0. The van der Waals surface area contributed by atoms with Crippen molar-refractivity contribution in [3.63, 3.8) is 0 Å². The van der Waals surface area contributed by atoms with Crippen molar-refractivity contribution < 1.29 is 10.2 Å². The van der Waals surface area contributed by atoms with E-state index in [0.717, 1.165) is 52.4 Å². The monoisotopic (exact) mass is 258 g/mol. The molecule has 2 atom stereocenters. The maximum Gasteiger partial charge on any atom is 0.0938 e. The highest BCUT2D eigenvalue weighted by Gasteiger charge is 2.23. The largest absolute Gasteiger partial charge is 0.389 e. The first-order chi connectivity index (χ1) is 8.75. The first-order valence-corrected chi connectivity index (χ1v) is 6.98. The van der Waals surface area contributed by atoms with Crippen molar-refractivity contribution in [2.24, 2.45) is 0 Å². The minimum absolute atomic E-state index is 0.578. The summed E-state index contributed by atoms with van der Waals surface area (Å²) in [6.07, 6.45) is -1.28. The molecule has 6 nitrogen and oxygen atoms in total. The second kappa shape index (κ2) is 7.37. The molecule has 0 amide bonds. The molecule has 0 aromatic rings. The molecule has 2 unspecified atom stereocenters. The average Bonchev–Trinajstić information content (AvgIpc) is 2.41. The fourth-order valence-corrected chi connectivity index (χ4v) is 2.56. The Hall–Kier alpha value is -0.240. The number of nitrogens with one attached hydrogen (secondary N) is 2. The zero-order valence-electron chi connectivity index (χ0n) is 11.0. The molecule has 0 radical (unpaired) electrons. The summed E-state index contributed by atoms with van der Waals surface area (Å²) >= 11 is 0. The van der Waals surface area contributed by atoms with Crippen LogP contribution in [-0.2, 0) is 0 Å². The molecule has 18 heavy (non-hydrogen) atoms. The molecular formula is C12H26N4O2. The summed E-state index contributed by atoms with van der Waals surface area (Å²) in [4.78, 5) is 4.42. The molecule has 0 aromatic heterocycles. The standard InChI is InChI=1S/C12H26N4O2/c17-11(9-15-5-1-13-2-6-15)12(18)10-16-7-3-14-4-8-16/h11-14,17-18H,1-10H2. The molecule has 4 N–H and O–H groups in total. The van der Waals surface area contributed by atoms with Crippen LogP contribution in [0.3, 0.4) is 0 Å². The number of piperazine rings is 2. The highest BCUT2D eigenvalue weighted by Crippen LogP contribution is 2.03. The van der Waals surface area contributed by atoms with Crippen molar-refractivity contribution in [3.05, 3.63) is 0 Å². The lowest BCUT2D eigenvalue weighted by Crippen LogP contribution is -2.52. The first-order valence-electron chi connectivity index (χ1n) is 6.98. The molecule has 6 heteroatoms. The van der Waals surface area contributed by atoms with Gasteiger partial charge in [0.15, 0.2) is 0 Å². The molecular weight excluding hydrogens is 232 g/mol. The maximum atomic E-state index is 10.0. The lowest BCUT2D eigenvalue weighted by molar-refractivity contribution is -0.0222. The molecule has 0 aliphatic carbocycles. The zero-order valence-corrected chi connectivity index (χ0v) is 11.0. The summed E-state index contributed by atoms with van der Waals surface area (Å²) in [5.41, 5.74) is 0. The van der Waals surface area contributed by atoms with Gasteiger partial charge < -0.3 is 20.8 Å². The number of hydrogen-bond acceptors (Lipinski definition) is 6. The Morgan fingerprint density at radius 3 is 1.39 bits per heavy atom. The molecule has 0 spiro atoms. The molecule has 2 aliphatic heterocycles. The predicted octanol–water partition coefficient (Wildman–Crippen LogP) is -2.48. The SMILES string of the molecule is OC(CN1CCNCC1)C(O)CN1CCNCC1. The van der Waals surface area contributed by atoms with Crippen molar-refractivity contribution in [3.8, 4) is 0 Å². The van der Waals surface area contributed by atoms with Crippen LogP contribution in [0.2, 0.25) is 0 Å². The van der Waals surface area contributed by atoms with E-state index in [0.29, 0.717) is 13.1 Å². The van der Waals surface area contributed by atoms with E-state index in [1.165, 1.54) is 0 Å². The Balaban J connectivity index is 1.68. The lowest BCUT2D eigenvalue weighted by Gasteiger charge is -2.33. The fraction of sp³-hybridized carbons (Fsp3) is 1.00. The molecule has 0 bridgehead atoms. The van der Waals surface area contributed by atoms with E-state index in [9.17, 15) is 10.2 Å². The smallest absolute Gasteiger partial charge is 0.0938 e. The molecule has 2 aliphatic rings. The van der Waals surface area contributed by atoms with E-state index in [-0.39, 0.29) is 0 Å². The van der Waals surface area contributed by atoms with E-state index in [4.69, 9.17) is 0 Å². The van der Waals surface area contributed by atoms with Gasteiger partial charge in [-0.2, -0.15) is 0 Å². The third-order valence-electron chi connectivity index (χ3n) is 3.75. The average molecular weight is 258 g/mol. The molecule has 2 rings (SSSR count). The second-order valence-corrected chi connectivity index (χ2v) is 5.24. The Morgan fingerprint density at radius 2 is 1.06 bits per heavy atom. The number of nitrogens with zero attached hydrogens (tertiary/aromatic N) is 2. The molecule has 2 heterocycles. The van der Waals surface area contributed by atoms with E-state index < -0.39 is 12.2 Å². The Kier molecular flexibility index (Phi) is 5.81. The minimum Gasteiger partial charge on any atom is -0.389 e. The third-order valence-corrected chi connectivity index (χ3v) is 3.75. The van der Waals surface area contributed by atoms with Crippen LogP contribution in [-0.4, -0.2) is 97.7 Å². The summed E-state index contributed by atoms with van der Waals surface area (Å²) < 4.78 is 0. The highest BCUT2D eigenvalue weighted by molar-refractivity contribution is 4.79. The summed E-state index contributed by atoms with van der Waals surface area (Å²) in [6, 6.07) is 0. The van der Waals surface area contributed by atoms with Crippen molar-refractivity contribution in [1.29, 1.82) is 0 Å². The quantitative estimate of drug-likeness (QED) is 0.438. The van der Waals surface area contributed by atoms with E-state index >= 15 is 0 Å². The van der Waals surface area contributed by atoms with Gasteiger partial charge in [0.1, 0.15) is 0 Å². The molecule has 0 saturated carbocycles. The van der Waals surface area contributed by atoms with E-state index in [1.807, 2.05) is 0 Å². The van der Waals surface area contributed by atoms with Gasteiger partial charge in [0.25, 0.3) is 0 Å². The van der Waals surface area contributed by atoms with Gasteiger partial charge in [-0.3, -0.25) is 9.80 Å². The van der Waals surface area contributed by atoms with Crippen LogP contribution in [0, 0.1) is 0 Å². The number of aliphatic hydroxyl groups is 2. The Labute approximate surface area is 109 Å². The van der Waals surface area contributed by atoms with Crippen LogP contribution in [0.5, 0.6) is 0 Å². The van der Waals surface area contributed by atoms with E-state index in [1.54, 1.807) is 0 Å². The summed E-state index contributed by atoms with van der Waals surface area (Å²) in [6.45, 7) is 8.87. The van der Waals surface area contributed by atoms with Crippen LogP contribution in [0.15, 0.2) is 0 Å². The first kappa shape index (κ1) is 14.2. The highest BCUT2D eigenvalue weighted by atomic mass is 16.3. The van der Waals surface area contributed by atoms with Gasteiger partial charge in [0.2, 0.25) is 0 Å². The lowest BCUT2D eigenvalue weighted by atomic mass is 10.1. The number of aliphatic hydroxyl groups excluding tert-OH is 2. The van der Waals surface area contributed by atoms with Crippen LogP contribution in [0.25, 0.3) is 0 Å². The van der Waals surface area contributed by atoms with Crippen LogP contribution >= 0.6 is 0 Å². The molecule has 0 aromatic carbocycles. The summed E-state index contributed by atoms with van der Waals surface area (Å²) in [5, 5.41) is 26.7. The van der Waals surface area contributed by atoms with Crippen LogP contribution in [0.4, 0.5) is 0 Å². The topological polar surface area (TPSA) is 71.0 Å². The van der Waals surface area contributed by atoms with Gasteiger partial charge in [0, 0.05) is 65.4 Å². The molecule has 2 fully saturated rings. The van der Waals surface area contributed by atoms with Gasteiger partial charge in [-0.1, -0.05) is 0 Å². The predicted molar refractivity (Wildman–Crippen MR) is 70.6 cm³/mol. The van der Waals surface area contributed by atoms with Crippen molar-refractivity contribution >= 4 is 0 Å². The maximum absolute atomic E-state index is 10.0. The minimum atomic E-state index is -0.641. The van der Waals surface area contributed by atoms with Crippen LogP contribution < -0.4 is 10.6 Å². The van der Waals surface area contributed by atoms with Crippen LogP contribution in [0.1, 0.15) is 0 Å². The normalized spacial score (nSPS) is 27.0. The Morgan fingerprint density at radius 1 is 0.722 bits per heavy atom. The van der Waals surface area contributed by atoms with Gasteiger partial charge in [0.05, 0.1) is 12.2 Å². The van der Waals surface area contributed by atoms with Crippen molar-refractivity contribution in [2.75, 3.05) is 65.4 Å². The van der Waals surface area contributed by atoms with Gasteiger partial charge in [-0.05, 0) is 0 Å². The van der Waals surface area contributed by atoms with Crippen molar-refractivity contribution in [2.45, 2.75) is 12.2 Å². The Bertz CT molecular complexity index is 206. The fourth-order valence-electron chi connectivity index (χ4n) is 2.56.